The van der Waals surface area contributed by atoms with Crippen LogP contribution in [0.1, 0.15) is 23.2 Å². The Hall–Kier alpha value is -3.02. The van der Waals surface area contributed by atoms with Crippen molar-refractivity contribution in [2.45, 2.75) is 12.8 Å². The molecule has 0 bridgehead atoms. The molecule has 0 saturated heterocycles. The van der Waals surface area contributed by atoms with E-state index in [9.17, 15) is 9.59 Å². The Bertz CT molecular complexity index is 716. The molecule has 0 radical (unpaired) electrons. The lowest BCUT2D eigenvalue weighted by atomic mass is 10.1. The van der Waals surface area contributed by atoms with Gasteiger partial charge in [0.05, 0.1) is 30.7 Å². The number of nitrogens with one attached hydrogen (secondary N) is 1. The lowest BCUT2D eigenvalue weighted by Gasteiger charge is -2.10. The maximum Gasteiger partial charge on any atom is 0.339 e. The van der Waals surface area contributed by atoms with E-state index in [1.807, 2.05) is 12.1 Å². The van der Waals surface area contributed by atoms with Crippen LogP contribution >= 0.6 is 0 Å². The summed E-state index contributed by atoms with van der Waals surface area (Å²) in [6.07, 6.45) is 0.794. The van der Waals surface area contributed by atoms with Gasteiger partial charge in [0, 0.05) is 6.42 Å². The number of esters is 1. The van der Waals surface area contributed by atoms with Gasteiger partial charge in [-0.1, -0.05) is 24.3 Å². The Balaban J connectivity index is 1.82. The first kappa shape index (κ1) is 17.3. The molecule has 0 spiro atoms. The minimum absolute atomic E-state index is 0.198. The topological polar surface area (TPSA) is 90.6 Å². The van der Waals surface area contributed by atoms with Gasteiger partial charge >= 0.3 is 5.97 Å². The smallest absolute Gasteiger partial charge is 0.339 e. The van der Waals surface area contributed by atoms with Crippen LogP contribution in [0.5, 0.6) is 5.75 Å². The van der Waals surface area contributed by atoms with Crippen molar-refractivity contribution in [3.63, 3.8) is 0 Å². The molecule has 6 nitrogen and oxygen atoms in total. The Labute approximate surface area is 140 Å². The third-order valence-corrected chi connectivity index (χ3v) is 3.33. The van der Waals surface area contributed by atoms with E-state index in [0.717, 1.165) is 0 Å². The molecule has 2 aromatic carbocycles. The fourth-order valence-corrected chi connectivity index (χ4v) is 2.12. The van der Waals surface area contributed by atoms with Crippen molar-refractivity contribution in [1.82, 2.24) is 0 Å². The van der Waals surface area contributed by atoms with Crippen molar-refractivity contribution < 1.29 is 19.1 Å². The molecule has 24 heavy (non-hydrogen) atoms. The third kappa shape index (κ3) is 4.74. The molecule has 6 heteroatoms. The van der Waals surface area contributed by atoms with E-state index in [1.165, 1.54) is 7.11 Å². The van der Waals surface area contributed by atoms with Crippen molar-refractivity contribution in [2.75, 3.05) is 24.8 Å². The second-order valence-corrected chi connectivity index (χ2v) is 5.08. The summed E-state index contributed by atoms with van der Waals surface area (Å²) in [4.78, 5) is 23.7. The number of nitrogen functional groups attached to an aromatic ring is 1. The number of carbonyl (C=O) groups excluding carboxylic acids is 2. The summed E-state index contributed by atoms with van der Waals surface area (Å²) >= 11 is 0. The molecule has 0 aliphatic carbocycles. The lowest BCUT2D eigenvalue weighted by molar-refractivity contribution is -0.116. The van der Waals surface area contributed by atoms with Gasteiger partial charge in [-0.15, -0.1) is 0 Å². The number of rotatable bonds is 7. The number of anilines is 2. The molecule has 0 atom stereocenters. The average Bonchev–Trinajstić information content (AvgIpc) is 2.60. The van der Waals surface area contributed by atoms with Crippen LogP contribution < -0.4 is 15.8 Å². The van der Waals surface area contributed by atoms with Gasteiger partial charge < -0.3 is 20.5 Å². The normalized spacial score (nSPS) is 10.0. The van der Waals surface area contributed by atoms with E-state index in [1.54, 1.807) is 36.4 Å². The van der Waals surface area contributed by atoms with Crippen LogP contribution in [0.15, 0.2) is 48.5 Å². The molecule has 0 aliphatic heterocycles. The highest BCUT2D eigenvalue weighted by atomic mass is 16.5. The molecule has 0 aliphatic rings. The second kappa shape index (κ2) is 8.57. The highest BCUT2D eigenvalue weighted by Gasteiger charge is 2.13. The predicted molar refractivity (Wildman–Crippen MR) is 92.0 cm³/mol. The van der Waals surface area contributed by atoms with Crippen molar-refractivity contribution in [2.24, 2.45) is 0 Å². The van der Waals surface area contributed by atoms with Gasteiger partial charge in [0.1, 0.15) is 5.75 Å². The first-order chi connectivity index (χ1) is 11.6. The molecular formula is C18H20N2O4. The van der Waals surface area contributed by atoms with E-state index < -0.39 is 5.97 Å². The molecule has 0 aromatic heterocycles. The summed E-state index contributed by atoms with van der Waals surface area (Å²) in [5.74, 6) is -0.0845. The molecule has 1 amide bonds. The minimum Gasteiger partial charge on any atom is -0.491 e. The summed E-state index contributed by atoms with van der Waals surface area (Å²) in [6.45, 7) is 0.375. The molecule has 2 aromatic rings. The summed E-state index contributed by atoms with van der Waals surface area (Å²) in [5, 5.41) is 2.72. The fraction of sp³-hybridized carbons (Fsp3) is 0.222. The third-order valence-electron chi connectivity index (χ3n) is 3.33. The molecule has 0 fully saturated rings. The van der Waals surface area contributed by atoms with E-state index in [-0.39, 0.29) is 12.3 Å². The largest absolute Gasteiger partial charge is 0.491 e. The van der Waals surface area contributed by atoms with Crippen molar-refractivity contribution in [3.05, 3.63) is 54.1 Å². The molecule has 0 heterocycles. The van der Waals surface area contributed by atoms with Crippen LogP contribution in [0.4, 0.5) is 11.4 Å². The molecule has 3 N–H and O–H groups in total. The quantitative estimate of drug-likeness (QED) is 0.463. The van der Waals surface area contributed by atoms with Crippen molar-refractivity contribution >= 4 is 23.3 Å². The van der Waals surface area contributed by atoms with Crippen LogP contribution in [0.25, 0.3) is 0 Å². The van der Waals surface area contributed by atoms with Gasteiger partial charge in [0.15, 0.2) is 0 Å². The van der Waals surface area contributed by atoms with E-state index in [0.29, 0.717) is 35.7 Å². The predicted octanol–water partition coefficient (Wildman–Crippen LogP) is 2.85. The first-order valence-electron chi connectivity index (χ1n) is 7.56. The van der Waals surface area contributed by atoms with Gasteiger partial charge in [-0.05, 0) is 30.7 Å². The van der Waals surface area contributed by atoms with Crippen LogP contribution in [-0.4, -0.2) is 25.6 Å². The van der Waals surface area contributed by atoms with Gasteiger partial charge in [-0.2, -0.15) is 0 Å². The number of methoxy groups -OCH3 is 1. The summed E-state index contributed by atoms with van der Waals surface area (Å²) in [7, 11) is 1.30. The Morgan fingerprint density at radius 1 is 1.08 bits per heavy atom. The number of amides is 1. The highest BCUT2D eigenvalue weighted by molar-refractivity contribution is 6.01. The summed E-state index contributed by atoms with van der Waals surface area (Å²) < 4.78 is 10.2. The molecule has 126 valence electrons. The summed E-state index contributed by atoms with van der Waals surface area (Å²) in [5.41, 5.74) is 7.09. The number of nitrogens with two attached hydrogens (primary N) is 1. The Morgan fingerprint density at radius 2 is 1.79 bits per heavy atom. The average molecular weight is 328 g/mol. The Kier molecular flexibility index (Phi) is 6.19. The number of carbonyl (C=O) groups is 2. The first-order valence-corrected chi connectivity index (χ1v) is 7.56. The molecule has 0 unspecified atom stereocenters. The zero-order valence-electron chi connectivity index (χ0n) is 13.5. The zero-order valence-corrected chi connectivity index (χ0v) is 13.5. The molecule has 0 saturated carbocycles. The second-order valence-electron chi connectivity index (χ2n) is 5.08. The molecular weight excluding hydrogens is 308 g/mol. The van der Waals surface area contributed by atoms with Gasteiger partial charge in [-0.25, -0.2) is 4.79 Å². The monoisotopic (exact) mass is 328 g/mol. The van der Waals surface area contributed by atoms with Crippen LogP contribution in [-0.2, 0) is 9.53 Å². The fourth-order valence-electron chi connectivity index (χ4n) is 2.12. The van der Waals surface area contributed by atoms with Gasteiger partial charge in [0.2, 0.25) is 5.91 Å². The number of para-hydroxylation sites is 3. The van der Waals surface area contributed by atoms with E-state index >= 15 is 0 Å². The maximum atomic E-state index is 12.0. The van der Waals surface area contributed by atoms with Gasteiger partial charge in [0.25, 0.3) is 0 Å². The minimum atomic E-state index is -0.492. The summed E-state index contributed by atoms with van der Waals surface area (Å²) in [6, 6.07) is 13.9. The number of benzene rings is 2. The standard InChI is InChI=1S/C18H20N2O4/c1-23-18(22)13-7-2-4-9-15(13)20-17(21)11-6-12-24-16-10-5-3-8-14(16)19/h2-5,7-10H,6,11-12,19H2,1H3,(H,20,21). The van der Waals surface area contributed by atoms with Crippen LogP contribution in [0.2, 0.25) is 0 Å². The number of ether oxygens (including phenoxy) is 2. The number of hydrogen-bond donors (Lipinski definition) is 2. The highest BCUT2D eigenvalue weighted by Crippen LogP contribution is 2.20. The molecule has 2 rings (SSSR count). The van der Waals surface area contributed by atoms with Crippen molar-refractivity contribution in [1.29, 1.82) is 0 Å². The van der Waals surface area contributed by atoms with Crippen molar-refractivity contribution in [3.8, 4) is 5.75 Å². The zero-order chi connectivity index (χ0) is 17.4. The van der Waals surface area contributed by atoms with E-state index in [2.05, 4.69) is 5.32 Å². The van der Waals surface area contributed by atoms with Crippen LogP contribution in [0, 0.1) is 0 Å². The Morgan fingerprint density at radius 3 is 2.54 bits per heavy atom. The van der Waals surface area contributed by atoms with E-state index in [4.69, 9.17) is 15.2 Å². The maximum absolute atomic E-state index is 12.0. The van der Waals surface area contributed by atoms with Crippen LogP contribution in [0.3, 0.4) is 0 Å². The van der Waals surface area contributed by atoms with Gasteiger partial charge in [-0.3, -0.25) is 4.79 Å². The number of hydrogen-bond acceptors (Lipinski definition) is 5. The lowest BCUT2D eigenvalue weighted by Crippen LogP contribution is -2.16. The SMILES string of the molecule is COC(=O)c1ccccc1NC(=O)CCCOc1ccccc1N.